The third-order valence-electron chi connectivity index (χ3n) is 4.07. The van der Waals surface area contributed by atoms with Gasteiger partial charge in [0, 0.05) is 22.0 Å². The molecule has 1 amide bonds. The van der Waals surface area contributed by atoms with Crippen LogP contribution in [-0.4, -0.2) is 25.4 Å². The maximum absolute atomic E-state index is 12.4. The summed E-state index contributed by atoms with van der Waals surface area (Å²) >= 11 is 2.86. The number of nitrogens with zero attached hydrogens (tertiary/aromatic N) is 4. The molecule has 3 aromatic heterocycles. The molecular weight excluding hydrogens is 406 g/mol. The van der Waals surface area contributed by atoms with E-state index >= 15 is 0 Å². The van der Waals surface area contributed by atoms with Crippen molar-refractivity contribution < 1.29 is 4.79 Å². The van der Waals surface area contributed by atoms with Gasteiger partial charge in [-0.2, -0.15) is 0 Å². The van der Waals surface area contributed by atoms with Gasteiger partial charge in [0.15, 0.2) is 5.16 Å². The van der Waals surface area contributed by atoms with Crippen molar-refractivity contribution in [1.82, 2.24) is 19.5 Å². The lowest BCUT2D eigenvalue weighted by Crippen LogP contribution is -2.27. The molecule has 0 saturated carbocycles. The molecule has 0 aliphatic carbocycles. The molecule has 0 aliphatic heterocycles. The number of carbonyl (C=O) groups excluding carboxylic acids is 1. The maximum Gasteiger partial charge on any atom is 0.262 e. The molecule has 29 heavy (non-hydrogen) atoms. The van der Waals surface area contributed by atoms with E-state index < -0.39 is 0 Å². The highest BCUT2D eigenvalue weighted by Crippen LogP contribution is 2.26. The summed E-state index contributed by atoms with van der Waals surface area (Å²) in [5.41, 5.74) is 2.29. The van der Waals surface area contributed by atoms with Crippen LogP contribution in [0.2, 0.25) is 0 Å². The van der Waals surface area contributed by atoms with E-state index in [1.807, 2.05) is 49.6 Å². The minimum Gasteiger partial charge on any atom is -0.325 e. The Labute approximate surface area is 174 Å². The fourth-order valence-corrected chi connectivity index (χ4v) is 4.40. The molecule has 4 aromatic rings. The molecule has 1 aromatic carbocycles. The quantitative estimate of drug-likeness (QED) is 0.493. The summed E-state index contributed by atoms with van der Waals surface area (Å²) in [6, 6.07) is 11.1. The second-order valence-corrected chi connectivity index (χ2v) is 8.36. The Kier molecular flexibility index (Phi) is 5.41. The number of amides is 1. The van der Waals surface area contributed by atoms with Crippen LogP contribution >= 0.6 is 23.1 Å². The minimum atomic E-state index is -0.290. The zero-order valence-electron chi connectivity index (χ0n) is 15.7. The molecule has 146 valence electrons. The van der Waals surface area contributed by atoms with E-state index in [1.165, 1.54) is 34.0 Å². The van der Waals surface area contributed by atoms with Crippen molar-refractivity contribution >= 4 is 44.9 Å². The van der Waals surface area contributed by atoms with Gasteiger partial charge in [0.1, 0.15) is 11.4 Å². The molecular formula is C20H17N5O2S2. The molecule has 0 bridgehead atoms. The van der Waals surface area contributed by atoms with Crippen LogP contribution in [0.3, 0.4) is 0 Å². The van der Waals surface area contributed by atoms with Crippen molar-refractivity contribution in [3.05, 3.63) is 69.8 Å². The average molecular weight is 424 g/mol. The molecule has 0 atom stereocenters. The number of thiophene rings is 1. The standard InChI is InChI=1S/C20H17N5O2S2/c1-12-9-13(2)23-20(22-12)29-15-5-3-14(4-6-15)24-17(26)10-25-11-21-18-16(19(25)27)7-8-28-18/h3-9,11H,10H2,1-2H3,(H,24,26). The highest BCUT2D eigenvalue weighted by molar-refractivity contribution is 7.99. The van der Waals surface area contributed by atoms with Crippen LogP contribution in [0.4, 0.5) is 5.69 Å². The molecule has 0 spiro atoms. The van der Waals surface area contributed by atoms with Gasteiger partial charge in [-0.15, -0.1) is 11.3 Å². The van der Waals surface area contributed by atoms with E-state index in [4.69, 9.17) is 0 Å². The van der Waals surface area contributed by atoms with Gasteiger partial charge in [-0.1, -0.05) is 0 Å². The fraction of sp³-hybridized carbons (Fsp3) is 0.150. The first-order valence-electron chi connectivity index (χ1n) is 8.80. The number of rotatable bonds is 5. The van der Waals surface area contributed by atoms with Crippen molar-refractivity contribution in [3.8, 4) is 0 Å². The monoisotopic (exact) mass is 423 g/mol. The predicted molar refractivity (Wildman–Crippen MR) is 115 cm³/mol. The molecule has 0 unspecified atom stereocenters. The molecule has 7 nitrogen and oxygen atoms in total. The Morgan fingerprint density at radius 1 is 1.14 bits per heavy atom. The Hall–Kier alpha value is -3.04. The van der Waals surface area contributed by atoms with Gasteiger partial charge in [-0.05, 0) is 67.4 Å². The summed E-state index contributed by atoms with van der Waals surface area (Å²) in [5.74, 6) is -0.290. The lowest BCUT2D eigenvalue weighted by atomic mass is 10.3. The van der Waals surface area contributed by atoms with E-state index in [0.29, 0.717) is 21.1 Å². The van der Waals surface area contributed by atoms with Crippen molar-refractivity contribution in [2.75, 3.05) is 5.32 Å². The number of aryl methyl sites for hydroxylation is 2. The summed E-state index contributed by atoms with van der Waals surface area (Å²) in [5, 5.41) is 5.83. The number of benzene rings is 1. The van der Waals surface area contributed by atoms with E-state index in [2.05, 4.69) is 20.3 Å². The number of carbonyl (C=O) groups is 1. The second kappa shape index (κ2) is 8.14. The van der Waals surface area contributed by atoms with Gasteiger partial charge in [0.2, 0.25) is 5.91 Å². The molecule has 0 aliphatic rings. The number of hydrogen-bond donors (Lipinski definition) is 1. The molecule has 0 radical (unpaired) electrons. The van der Waals surface area contributed by atoms with Gasteiger partial charge in [0.05, 0.1) is 11.7 Å². The summed E-state index contributed by atoms with van der Waals surface area (Å²) < 4.78 is 1.31. The van der Waals surface area contributed by atoms with Crippen molar-refractivity contribution in [1.29, 1.82) is 0 Å². The van der Waals surface area contributed by atoms with Crippen LogP contribution in [-0.2, 0) is 11.3 Å². The Bertz CT molecular complexity index is 1230. The van der Waals surface area contributed by atoms with E-state index in [9.17, 15) is 9.59 Å². The first-order valence-corrected chi connectivity index (χ1v) is 10.5. The van der Waals surface area contributed by atoms with E-state index in [1.54, 1.807) is 6.07 Å². The van der Waals surface area contributed by atoms with E-state index in [0.717, 1.165) is 16.3 Å². The zero-order chi connectivity index (χ0) is 20.4. The smallest absolute Gasteiger partial charge is 0.262 e. The van der Waals surface area contributed by atoms with Crippen LogP contribution in [0.5, 0.6) is 0 Å². The van der Waals surface area contributed by atoms with Crippen LogP contribution in [0, 0.1) is 13.8 Å². The fourth-order valence-electron chi connectivity index (χ4n) is 2.81. The predicted octanol–water partition coefficient (Wildman–Crippen LogP) is 3.65. The number of nitrogens with one attached hydrogen (secondary N) is 1. The topological polar surface area (TPSA) is 89.8 Å². The highest BCUT2D eigenvalue weighted by atomic mass is 32.2. The second-order valence-electron chi connectivity index (χ2n) is 6.42. The third kappa shape index (κ3) is 4.52. The van der Waals surface area contributed by atoms with Crippen molar-refractivity contribution in [3.63, 3.8) is 0 Å². The summed E-state index contributed by atoms with van der Waals surface area (Å²) in [6.45, 7) is 3.78. The highest BCUT2D eigenvalue weighted by Gasteiger charge is 2.10. The van der Waals surface area contributed by atoms with Gasteiger partial charge >= 0.3 is 0 Å². The lowest BCUT2D eigenvalue weighted by molar-refractivity contribution is -0.116. The summed E-state index contributed by atoms with van der Waals surface area (Å²) in [4.78, 5) is 39.4. The molecule has 1 N–H and O–H groups in total. The Balaban J connectivity index is 1.42. The first kappa shape index (κ1) is 19.3. The number of anilines is 1. The lowest BCUT2D eigenvalue weighted by Gasteiger charge is -2.08. The molecule has 4 rings (SSSR count). The summed E-state index contributed by atoms with van der Waals surface area (Å²) in [7, 11) is 0. The minimum absolute atomic E-state index is 0.0927. The van der Waals surface area contributed by atoms with Gasteiger partial charge < -0.3 is 5.32 Å². The van der Waals surface area contributed by atoms with Gasteiger partial charge in [0.25, 0.3) is 5.56 Å². The van der Waals surface area contributed by atoms with Crippen LogP contribution in [0.15, 0.2) is 63.0 Å². The normalized spacial score (nSPS) is 11.0. The number of hydrogen-bond acceptors (Lipinski definition) is 7. The first-order chi connectivity index (χ1) is 14.0. The van der Waals surface area contributed by atoms with Crippen LogP contribution < -0.4 is 10.9 Å². The molecule has 9 heteroatoms. The Morgan fingerprint density at radius 2 is 1.86 bits per heavy atom. The van der Waals surface area contributed by atoms with Crippen LogP contribution in [0.25, 0.3) is 10.2 Å². The zero-order valence-corrected chi connectivity index (χ0v) is 17.4. The summed E-state index contributed by atoms with van der Waals surface area (Å²) in [6.07, 6.45) is 1.41. The SMILES string of the molecule is Cc1cc(C)nc(Sc2ccc(NC(=O)Cn3cnc4sccc4c3=O)cc2)n1. The molecule has 0 fully saturated rings. The van der Waals surface area contributed by atoms with Crippen LogP contribution in [0.1, 0.15) is 11.4 Å². The third-order valence-corrected chi connectivity index (χ3v) is 5.77. The van der Waals surface area contributed by atoms with Gasteiger partial charge in [-0.3, -0.25) is 14.2 Å². The largest absolute Gasteiger partial charge is 0.325 e. The average Bonchev–Trinajstić information content (AvgIpc) is 3.14. The Morgan fingerprint density at radius 3 is 2.59 bits per heavy atom. The number of fused-ring (bicyclic) bond motifs is 1. The van der Waals surface area contributed by atoms with Crippen molar-refractivity contribution in [2.45, 2.75) is 30.4 Å². The maximum atomic E-state index is 12.4. The van der Waals surface area contributed by atoms with E-state index in [-0.39, 0.29) is 18.0 Å². The van der Waals surface area contributed by atoms with Crippen molar-refractivity contribution in [2.24, 2.45) is 0 Å². The molecule has 0 saturated heterocycles. The number of aromatic nitrogens is 4. The van der Waals surface area contributed by atoms with Gasteiger partial charge in [-0.25, -0.2) is 15.0 Å². The molecule has 3 heterocycles.